The van der Waals surface area contributed by atoms with Gasteiger partial charge in [0, 0.05) is 13.1 Å². The van der Waals surface area contributed by atoms with E-state index in [1.165, 1.54) is 51.0 Å². The van der Waals surface area contributed by atoms with Crippen LogP contribution in [0.2, 0.25) is 0 Å². The number of thiocarbonyl (C=S) groups is 1. The molecule has 1 rings (SSSR count). The van der Waals surface area contributed by atoms with Gasteiger partial charge in [0.1, 0.15) is 0 Å². The average molecular weight is 353 g/mol. The maximum absolute atomic E-state index is 9.45. The lowest BCUT2D eigenvalue weighted by Crippen LogP contribution is -2.36. The van der Waals surface area contributed by atoms with Crippen molar-refractivity contribution in [2.24, 2.45) is 0 Å². The number of benzene rings is 1. The van der Waals surface area contributed by atoms with E-state index in [1.807, 2.05) is 0 Å². The van der Waals surface area contributed by atoms with Gasteiger partial charge in [-0.1, -0.05) is 57.9 Å². The number of hydrogen-bond donors (Lipinski definition) is 4. The maximum atomic E-state index is 9.45. The standard InChI is InChI=1S/C19H32N2O2S/c1-2-3-4-5-6-7-8-9-13-20-19(24)21-14-12-16-10-11-17(22)18(23)15-16/h10-11,15,22-23H,2-9,12-14H2,1H3,(H2,20,21,24). The molecule has 4 nitrogen and oxygen atoms in total. The van der Waals surface area contributed by atoms with Gasteiger partial charge in [-0.3, -0.25) is 0 Å². The molecule has 0 radical (unpaired) electrons. The van der Waals surface area contributed by atoms with E-state index in [9.17, 15) is 10.2 Å². The van der Waals surface area contributed by atoms with Crippen LogP contribution in [-0.4, -0.2) is 28.4 Å². The molecule has 0 aromatic heterocycles. The summed E-state index contributed by atoms with van der Waals surface area (Å²) in [7, 11) is 0. The van der Waals surface area contributed by atoms with Crippen molar-refractivity contribution in [2.45, 2.75) is 64.7 Å². The van der Waals surface area contributed by atoms with Crippen molar-refractivity contribution in [1.29, 1.82) is 0 Å². The fraction of sp³-hybridized carbons (Fsp3) is 0.632. The Balaban J connectivity index is 1.97. The molecular formula is C19H32N2O2S. The summed E-state index contributed by atoms with van der Waals surface area (Å²) in [5, 5.41) is 25.8. The van der Waals surface area contributed by atoms with Crippen LogP contribution < -0.4 is 10.6 Å². The predicted octanol–water partition coefficient (Wildman–Crippen LogP) is 4.25. The molecular weight excluding hydrogens is 320 g/mol. The normalized spacial score (nSPS) is 10.5. The third kappa shape index (κ3) is 9.60. The zero-order valence-electron chi connectivity index (χ0n) is 14.8. The number of rotatable bonds is 12. The van der Waals surface area contributed by atoms with Gasteiger partial charge in [0.2, 0.25) is 0 Å². The quantitative estimate of drug-likeness (QED) is 0.257. The summed E-state index contributed by atoms with van der Waals surface area (Å²) in [5.41, 5.74) is 0.962. The van der Waals surface area contributed by atoms with Crippen molar-refractivity contribution >= 4 is 17.3 Å². The van der Waals surface area contributed by atoms with Crippen LogP contribution in [0, 0.1) is 0 Å². The predicted molar refractivity (Wildman–Crippen MR) is 105 cm³/mol. The zero-order valence-corrected chi connectivity index (χ0v) is 15.6. The molecule has 136 valence electrons. The van der Waals surface area contributed by atoms with E-state index < -0.39 is 0 Å². The molecule has 0 aliphatic heterocycles. The Kier molecular flexibility index (Phi) is 11.0. The molecule has 0 saturated carbocycles. The molecule has 24 heavy (non-hydrogen) atoms. The molecule has 0 aliphatic carbocycles. The molecule has 0 amide bonds. The number of phenolic OH excluding ortho intramolecular Hbond substituents is 2. The van der Waals surface area contributed by atoms with Crippen LogP contribution in [0.1, 0.15) is 63.9 Å². The van der Waals surface area contributed by atoms with Gasteiger partial charge in [-0.15, -0.1) is 0 Å². The van der Waals surface area contributed by atoms with Crippen molar-refractivity contribution in [3.05, 3.63) is 23.8 Å². The van der Waals surface area contributed by atoms with E-state index in [1.54, 1.807) is 12.1 Å². The molecule has 1 aromatic carbocycles. The monoisotopic (exact) mass is 352 g/mol. The third-order valence-electron chi connectivity index (χ3n) is 4.05. The van der Waals surface area contributed by atoms with Crippen LogP contribution in [0.3, 0.4) is 0 Å². The van der Waals surface area contributed by atoms with Gasteiger partial charge < -0.3 is 20.8 Å². The van der Waals surface area contributed by atoms with Crippen LogP contribution in [0.15, 0.2) is 18.2 Å². The summed E-state index contributed by atoms with van der Waals surface area (Å²) in [5.74, 6) is -0.169. The van der Waals surface area contributed by atoms with Gasteiger partial charge in [0.15, 0.2) is 16.6 Å². The molecule has 0 fully saturated rings. The fourth-order valence-electron chi connectivity index (χ4n) is 2.57. The first kappa shape index (κ1) is 20.6. The molecule has 5 heteroatoms. The van der Waals surface area contributed by atoms with Crippen LogP contribution in [-0.2, 0) is 6.42 Å². The van der Waals surface area contributed by atoms with E-state index in [4.69, 9.17) is 12.2 Å². The minimum absolute atomic E-state index is 0.0807. The Morgan fingerprint density at radius 2 is 1.50 bits per heavy atom. The van der Waals surface area contributed by atoms with Crippen molar-refractivity contribution in [1.82, 2.24) is 10.6 Å². The summed E-state index contributed by atoms with van der Waals surface area (Å²) >= 11 is 5.25. The Labute approximate surface area is 151 Å². The lowest BCUT2D eigenvalue weighted by atomic mass is 10.1. The first-order valence-corrected chi connectivity index (χ1v) is 9.57. The number of aromatic hydroxyl groups is 2. The van der Waals surface area contributed by atoms with Crippen LogP contribution >= 0.6 is 12.2 Å². The summed E-state index contributed by atoms with van der Waals surface area (Å²) in [6, 6.07) is 4.88. The maximum Gasteiger partial charge on any atom is 0.166 e. The topological polar surface area (TPSA) is 64.5 Å². The first-order valence-electron chi connectivity index (χ1n) is 9.16. The molecule has 0 heterocycles. The highest BCUT2D eigenvalue weighted by atomic mass is 32.1. The van der Waals surface area contributed by atoms with Gasteiger partial charge in [0.05, 0.1) is 0 Å². The molecule has 0 saturated heterocycles. The highest BCUT2D eigenvalue weighted by Crippen LogP contribution is 2.24. The van der Waals surface area contributed by atoms with Crippen molar-refractivity contribution in [3.8, 4) is 11.5 Å². The summed E-state index contributed by atoms with van der Waals surface area (Å²) in [4.78, 5) is 0. The Bertz CT molecular complexity index is 480. The first-order chi connectivity index (χ1) is 11.6. The third-order valence-corrected chi connectivity index (χ3v) is 4.34. The smallest absolute Gasteiger partial charge is 0.166 e. The van der Waals surface area contributed by atoms with Crippen LogP contribution in [0.25, 0.3) is 0 Å². The van der Waals surface area contributed by atoms with Crippen molar-refractivity contribution < 1.29 is 10.2 Å². The lowest BCUT2D eigenvalue weighted by Gasteiger charge is -2.10. The van der Waals surface area contributed by atoms with E-state index in [0.717, 1.165) is 24.9 Å². The summed E-state index contributed by atoms with van der Waals surface area (Å²) in [6.45, 7) is 3.87. The number of phenols is 2. The highest BCUT2D eigenvalue weighted by Gasteiger charge is 2.01. The van der Waals surface area contributed by atoms with Crippen LogP contribution in [0.5, 0.6) is 11.5 Å². The minimum atomic E-state index is -0.0886. The molecule has 0 atom stereocenters. The van der Waals surface area contributed by atoms with Crippen LogP contribution in [0.4, 0.5) is 0 Å². The largest absolute Gasteiger partial charge is 0.504 e. The van der Waals surface area contributed by atoms with Gasteiger partial charge in [0.25, 0.3) is 0 Å². The summed E-state index contributed by atoms with van der Waals surface area (Å²) < 4.78 is 0. The second kappa shape index (κ2) is 12.9. The van der Waals surface area contributed by atoms with Crippen molar-refractivity contribution in [3.63, 3.8) is 0 Å². The highest BCUT2D eigenvalue weighted by molar-refractivity contribution is 7.80. The van der Waals surface area contributed by atoms with E-state index in [0.29, 0.717) is 11.7 Å². The Morgan fingerprint density at radius 1 is 0.875 bits per heavy atom. The molecule has 1 aromatic rings. The van der Waals surface area contributed by atoms with E-state index in [-0.39, 0.29) is 11.5 Å². The van der Waals surface area contributed by atoms with Gasteiger partial charge in [-0.2, -0.15) is 0 Å². The second-order valence-corrected chi connectivity index (χ2v) is 6.64. The summed E-state index contributed by atoms with van der Waals surface area (Å²) in [6.07, 6.45) is 11.2. The molecule has 0 spiro atoms. The molecule has 0 unspecified atom stereocenters. The van der Waals surface area contributed by atoms with Gasteiger partial charge in [-0.05, 0) is 42.8 Å². The molecule has 0 bridgehead atoms. The fourth-order valence-corrected chi connectivity index (χ4v) is 2.77. The minimum Gasteiger partial charge on any atom is -0.504 e. The lowest BCUT2D eigenvalue weighted by molar-refractivity contribution is 0.403. The number of unbranched alkanes of at least 4 members (excludes halogenated alkanes) is 7. The number of hydrogen-bond acceptors (Lipinski definition) is 3. The molecule has 4 N–H and O–H groups in total. The second-order valence-electron chi connectivity index (χ2n) is 6.23. The van der Waals surface area contributed by atoms with E-state index in [2.05, 4.69) is 17.6 Å². The van der Waals surface area contributed by atoms with Gasteiger partial charge >= 0.3 is 0 Å². The zero-order chi connectivity index (χ0) is 17.6. The van der Waals surface area contributed by atoms with Gasteiger partial charge in [-0.25, -0.2) is 0 Å². The SMILES string of the molecule is CCCCCCCCCCNC(=S)NCCc1ccc(O)c(O)c1. The van der Waals surface area contributed by atoms with Crippen molar-refractivity contribution in [2.75, 3.05) is 13.1 Å². The molecule has 0 aliphatic rings. The number of nitrogens with one attached hydrogen (secondary N) is 2. The van der Waals surface area contributed by atoms with E-state index >= 15 is 0 Å². The Morgan fingerprint density at radius 3 is 2.17 bits per heavy atom. The average Bonchev–Trinajstić information content (AvgIpc) is 2.56. The Hall–Kier alpha value is -1.49.